The van der Waals surface area contributed by atoms with Gasteiger partial charge in [-0.2, -0.15) is 0 Å². The summed E-state index contributed by atoms with van der Waals surface area (Å²) >= 11 is 0. The van der Waals surface area contributed by atoms with Gasteiger partial charge in [0.15, 0.2) is 11.5 Å². The molecule has 0 bridgehead atoms. The van der Waals surface area contributed by atoms with Crippen molar-refractivity contribution in [3.05, 3.63) is 42.5 Å². The third-order valence-corrected chi connectivity index (χ3v) is 5.29. The van der Waals surface area contributed by atoms with Crippen molar-refractivity contribution in [3.8, 4) is 17.2 Å². The molecule has 0 aromatic heterocycles. The highest BCUT2D eigenvalue weighted by Gasteiger charge is 2.29. The van der Waals surface area contributed by atoms with Crippen LogP contribution in [0.4, 0.5) is 11.4 Å². The fourth-order valence-electron chi connectivity index (χ4n) is 2.72. The molecule has 0 radical (unpaired) electrons. The summed E-state index contributed by atoms with van der Waals surface area (Å²) < 4.78 is 41.4. The maximum atomic E-state index is 12.8. The molecular weight excluding hydrogens is 384 g/mol. The lowest BCUT2D eigenvalue weighted by molar-refractivity contribution is -0.116. The maximum absolute atomic E-state index is 12.8. The molecule has 0 fully saturated rings. The fraction of sp³-hybridized carbons (Fsp3) is 0.316. The summed E-state index contributed by atoms with van der Waals surface area (Å²) in [6.07, 6.45) is 1.05. The Labute approximate surface area is 165 Å². The Balaban J connectivity index is 2.32. The van der Waals surface area contributed by atoms with Gasteiger partial charge in [0, 0.05) is 17.8 Å². The highest BCUT2D eigenvalue weighted by Crippen LogP contribution is 2.30. The number of nitrogens with one attached hydrogen (secondary N) is 1. The standard InChI is InChI=1S/C19H24N2O6S/c1-13(19(22)20-14-9-10-17(26-3)18(11-14)27-4)21(28(5,23)24)15-7-6-8-16(12-15)25-2/h6-13H,1-5H3,(H,20,22)/t13-/m1/s1. The molecule has 0 aliphatic heterocycles. The van der Waals surface area contributed by atoms with Crippen LogP contribution < -0.4 is 23.8 Å². The van der Waals surface area contributed by atoms with Crippen LogP contribution in [0.1, 0.15) is 6.92 Å². The van der Waals surface area contributed by atoms with Gasteiger partial charge in [0.05, 0.1) is 33.3 Å². The van der Waals surface area contributed by atoms with Crippen LogP contribution in [0.2, 0.25) is 0 Å². The second kappa shape index (κ2) is 8.83. The van der Waals surface area contributed by atoms with Gasteiger partial charge in [-0.3, -0.25) is 9.10 Å². The van der Waals surface area contributed by atoms with Crippen LogP contribution in [0.3, 0.4) is 0 Å². The lowest BCUT2D eigenvalue weighted by Gasteiger charge is -2.28. The quantitative estimate of drug-likeness (QED) is 0.721. The SMILES string of the molecule is COc1cccc(N([C@H](C)C(=O)Nc2ccc(OC)c(OC)c2)S(C)(=O)=O)c1. The van der Waals surface area contributed by atoms with Crippen molar-refractivity contribution in [1.82, 2.24) is 0 Å². The van der Waals surface area contributed by atoms with Gasteiger partial charge in [-0.05, 0) is 31.2 Å². The second-order valence-corrected chi connectivity index (χ2v) is 7.85. The number of sulfonamides is 1. The third kappa shape index (κ3) is 4.86. The highest BCUT2D eigenvalue weighted by atomic mass is 32.2. The zero-order valence-electron chi connectivity index (χ0n) is 16.4. The van der Waals surface area contributed by atoms with E-state index in [1.54, 1.807) is 42.5 Å². The zero-order chi connectivity index (χ0) is 20.9. The van der Waals surface area contributed by atoms with Gasteiger partial charge in [0.25, 0.3) is 0 Å². The van der Waals surface area contributed by atoms with E-state index >= 15 is 0 Å². The summed E-state index contributed by atoms with van der Waals surface area (Å²) in [6.45, 7) is 1.51. The number of rotatable bonds is 8. The van der Waals surface area contributed by atoms with Gasteiger partial charge in [0.1, 0.15) is 11.8 Å². The molecule has 2 rings (SSSR count). The van der Waals surface area contributed by atoms with Crippen LogP contribution in [-0.4, -0.2) is 48.0 Å². The Morgan fingerprint density at radius 3 is 2.25 bits per heavy atom. The van der Waals surface area contributed by atoms with Crippen molar-refractivity contribution < 1.29 is 27.4 Å². The largest absolute Gasteiger partial charge is 0.497 e. The predicted octanol–water partition coefficient (Wildman–Crippen LogP) is 2.51. The first-order chi connectivity index (χ1) is 13.2. The highest BCUT2D eigenvalue weighted by molar-refractivity contribution is 7.92. The van der Waals surface area contributed by atoms with Crippen molar-refractivity contribution in [2.24, 2.45) is 0 Å². The van der Waals surface area contributed by atoms with E-state index in [1.165, 1.54) is 28.3 Å². The van der Waals surface area contributed by atoms with E-state index < -0.39 is 22.0 Å². The molecule has 2 aromatic rings. The first kappa shape index (κ1) is 21.4. The monoisotopic (exact) mass is 408 g/mol. The topological polar surface area (TPSA) is 94.2 Å². The Bertz CT molecular complexity index is 945. The number of hydrogen-bond donors (Lipinski definition) is 1. The summed E-state index contributed by atoms with van der Waals surface area (Å²) in [5.74, 6) is 0.947. The van der Waals surface area contributed by atoms with Gasteiger partial charge in [-0.25, -0.2) is 8.42 Å². The smallest absolute Gasteiger partial charge is 0.247 e. The van der Waals surface area contributed by atoms with Gasteiger partial charge < -0.3 is 19.5 Å². The number of hydrogen-bond acceptors (Lipinski definition) is 6. The molecule has 9 heteroatoms. The lowest BCUT2D eigenvalue weighted by Crippen LogP contribution is -2.45. The zero-order valence-corrected chi connectivity index (χ0v) is 17.2. The van der Waals surface area contributed by atoms with Crippen LogP contribution in [0.15, 0.2) is 42.5 Å². The van der Waals surface area contributed by atoms with E-state index in [2.05, 4.69) is 5.32 Å². The Kier molecular flexibility index (Phi) is 6.74. The van der Waals surface area contributed by atoms with E-state index in [9.17, 15) is 13.2 Å². The Hall–Kier alpha value is -2.94. The molecule has 2 aromatic carbocycles. The summed E-state index contributed by atoms with van der Waals surface area (Å²) in [5, 5.41) is 2.71. The Morgan fingerprint density at radius 2 is 1.68 bits per heavy atom. The van der Waals surface area contributed by atoms with Gasteiger partial charge in [-0.1, -0.05) is 6.07 Å². The molecule has 0 saturated carbocycles. The van der Waals surface area contributed by atoms with Gasteiger partial charge in [-0.15, -0.1) is 0 Å². The number of benzene rings is 2. The minimum Gasteiger partial charge on any atom is -0.497 e. The summed E-state index contributed by atoms with van der Waals surface area (Å²) in [6, 6.07) is 10.4. The number of methoxy groups -OCH3 is 3. The molecule has 1 amide bonds. The van der Waals surface area contributed by atoms with Gasteiger partial charge in [0.2, 0.25) is 15.9 Å². The van der Waals surface area contributed by atoms with E-state index in [4.69, 9.17) is 14.2 Å². The molecule has 0 spiro atoms. The number of anilines is 2. The number of amides is 1. The number of carbonyl (C=O) groups excluding carboxylic acids is 1. The lowest BCUT2D eigenvalue weighted by atomic mass is 10.2. The molecule has 0 aliphatic rings. The second-order valence-electron chi connectivity index (χ2n) is 6.00. The predicted molar refractivity (Wildman–Crippen MR) is 108 cm³/mol. The third-order valence-electron chi connectivity index (χ3n) is 4.05. The first-order valence-electron chi connectivity index (χ1n) is 8.37. The van der Waals surface area contributed by atoms with Crippen LogP contribution in [0, 0.1) is 0 Å². The number of ether oxygens (including phenoxy) is 3. The molecule has 1 atom stereocenters. The normalized spacial score (nSPS) is 12.0. The molecular formula is C19H24N2O6S. The van der Waals surface area contributed by atoms with Crippen LogP contribution in [0.25, 0.3) is 0 Å². The summed E-state index contributed by atoms with van der Waals surface area (Å²) in [7, 11) is 0.749. The molecule has 0 saturated heterocycles. The van der Waals surface area contributed by atoms with Crippen LogP contribution >= 0.6 is 0 Å². The molecule has 8 nitrogen and oxygen atoms in total. The van der Waals surface area contributed by atoms with Crippen molar-refractivity contribution in [2.45, 2.75) is 13.0 Å². The van der Waals surface area contributed by atoms with Crippen molar-refractivity contribution in [3.63, 3.8) is 0 Å². The molecule has 1 N–H and O–H groups in total. The minimum absolute atomic E-state index is 0.330. The summed E-state index contributed by atoms with van der Waals surface area (Å²) in [5.41, 5.74) is 0.783. The molecule has 152 valence electrons. The van der Waals surface area contributed by atoms with Crippen molar-refractivity contribution in [2.75, 3.05) is 37.2 Å². The van der Waals surface area contributed by atoms with Crippen LogP contribution in [0.5, 0.6) is 17.2 Å². The van der Waals surface area contributed by atoms with Crippen molar-refractivity contribution in [1.29, 1.82) is 0 Å². The van der Waals surface area contributed by atoms with Crippen LogP contribution in [-0.2, 0) is 14.8 Å². The molecule has 0 aliphatic carbocycles. The first-order valence-corrected chi connectivity index (χ1v) is 10.2. The molecule has 28 heavy (non-hydrogen) atoms. The Morgan fingerprint density at radius 1 is 1.00 bits per heavy atom. The molecule has 0 heterocycles. The maximum Gasteiger partial charge on any atom is 0.247 e. The summed E-state index contributed by atoms with van der Waals surface area (Å²) in [4.78, 5) is 12.8. The van der Waals surface area contributed by atoms with E-state index in [1.807, 2.05) is 0 Å². The molecule has 0 unspecified atom stereocenters. The van der Waals surface area contributed by atoms with E-state index in [0.29, 0.717) is 28.6 Å². The number of nitrogens with zero attached hydrogens (tertiary/aromatic N) is 1. The van der Waals surface area contributed by atoms with E-state index in [-0.39, 0.29) is 0 Å². The average molecular weight is 408 g/mol. The minimum atomic E-state index is -3.73. The van der Waals surface area contributed by atoms with Gasteiger partial charge >= 0.3 is 0 Å². The average Bonchev–Trinajstić information content (AvgIpc) is 2.66. The van der Waals surface area contributed by atoms with E-state index in [0.717, 1.165) is 10.6 Å². The van der Waals surface area contributed by atoms with Crippen molar-refractivity contribution >= 4 is 27.3 Å². The number of carbonyl (C=O) groups is 1. The fourth-order valence-corrected chi connectivity index (χ4v) is 3.88.